The van der Waals surface area contributed by atoms with Gasteiger partial charge in [0.2, 0.25) is 0 Å². The molecule has 0 radical (unpaired) electrons. The van der Waals surface area contributed by atoms with E-state index in [-0.39, 0.29) is 13.0 Å². The van der Waals surface area contributed by atoms with E-state index in [2.05, 4.69) is 11.6 Å². The fourth-order valence-corrected chi connectivity index (χ4v) is 3.19. The van der Waals surface area contributed by atoms with Gasteiger partial charge >= 0.3 is 0 Å². The largest absolute Gasteiger partial charge is 0.279 e. The lowest BCUT2D eigenvalue weighted by Crippen LogP contribution is -2.38. The fraction of sp³-hybridized carbons (Fsp3) is 0.545. The van der Waals surface area contributed by atoms with Crippen molar-refractivity contribution >= 4 is 21.5 Å². The van der Waals surface area contributed by atoms with Crippen LogP contribution in [-0.2, 0) is 23.2 Å². The van der Waals surface area contributed by atoms with Gasteiger partial charge in [0.1, 0.15) is 0 Å². The Morgan fingerprint density at radius 3 is 2.67 bits per heavy atom. The molecule has 0 aromatic carbocycles. The van der Waals surface area contributed by atoms with Crippen molar-refractivity contribution in [1.29, 1.82) is 5.26 Å². The van der Waals surface area contributed by atoms with Crippen molar-refractivity contribution in [2.24, 2.45) is 0 Å². The lowest BCUT2D eigenvalue weighted by molar-refractivity contribution is 0.464. The minimum atomic E-state index is -3.49. The Balaban J connectivity index is 2.53. The van der Waals surface area contributed by atoms with Crippen LogP contribution in [0.4, 0.5) is 0 Å². The molecule has 7 heteroatoms. The summed E-state index contributed by atoms with van der Waals surface area (Å²) < 4.78 is 27.3. The number of nitrogens with zero attached hydrogens (tertiary/aromatic N) is 2. The molecule has 1 aromatic rings. The molecular weight excluding hydrogens is 270 g/mol. The molecule has 0 aliphatic heterocycles. The van der Waals surface area contributed by atoms with Gasteiger partial charge in [-0.2, -0.15) is 22.7 Å². The Morgan fingerprint density at radius 2 is 2.11 bits per heavy atom. The summed E-state index contributed by atoms with van der Waals surface area (Å²) in [6.07, 6.45) is 1.15. The van der Waals surface area contributed by atoms with Crippen LogP contribution >= 0.6 is 11.3 Å². The van der Waals surface area contributed by atoms with E-state index in [4.69, 9.17) is 5.26 Å². The molecule has 5 nitrogen and oxygen atoms in total. The molecule has 1 aromatic heterocycles. The van der Waals surface area contributed by atoms with Gasteiger partial charge in [-0.3, -0.25) is 0 Å². The van der Waals surface area contributed by atoms with Crippen molar-refractivity contribution in [1.82, 2.24) is 9.03 Å². The Labute approximate surface area is 112 Å². The van der Waals surface area contributed by atoms with Crippen LogP contribution in [0.15, 0.2) is 12.1 Å². The zero-order valence-corrected chi connectivity index (χ0v) is 12.1. The highest BCUT2D eigenvalue weighted by Crippen LogP contribution is 2.16. The molecule has 18 heavy (non-hydrogen) atoms. The maximum absolute atomic E-state index is 11.8. The highest BCUT2D eigenvalue weighted by atomic mass is 32.2. The minimum absolute atomic E-state index is 0.191. The van der Waals surface area contributed by atoms with E-state index in [0.717, 1.165) is 15.6 Å². The topological polar surface area (TPSA) is 73.2 Å². The second kappa shape index (κ2) is 6.85. The predicted molar refractivity (Wildman–Crippen MR) is 72.3 cm³/mol. The summed E-state index contributed by atoms with van der Waals surface area (Å²) in [6.45, 7) is 2.57. The molecule has 1 heterocycles. The second-order valence-corrected chi connectivity index (χ2v) is 6.89. The van der Waals surface area contributed by atoms with E-state index in [9.17, 15) is 8.42 Å². The number of rotatable bonds is 7. The van der Waals surface area contributed by atoms with Crippen LogP contribution in [0, 0.1) is 11.3 Å². The molecule has 0 saturated carbocycles. The van der Waals surface area contributed by atoms with Crippen LogP contribution in [0.2, 0.25) is 0 Å². The van der Waals surface area contributed by atoms with E-state index < -0.39 is 10.2 Å². The van der Waals surface area contributed by atoms with E-state index in [1.165, 1.54) is 11.9 Å². The maximum atomic E-state index is 11.8. The first kappa shape index (κ1) is 15.1. The third kappa shape index (κ3) is 4.38. The van der Waals surface area contributed by atoms with Crippen LogP contribution in [0.25, 0.3) is 0 Å². The summed E-state index contributed by atoms with van der Waals surface area (Å²) in [5, 5.41) is 8.43. The van der Waals surface area contributed by atoms with Gasteiger partial charge < -0.3 is 0 Å². The van der Waals surface area contributed by atoms with Gasteiger partial charge in [0.25, 0.3) is 10.2 Å². The van der Waals surface area contributed by atoms with E-state index in [0.29, 0.717) is 6.54 Å². The quantitative estimate of drug-likeness (QED) is 0.825. The molecule has 0 aliphatic rings. The van der Waals surface area contributed by atoms with Gasteiger partial charge in [-0.25, -0.2) is 0 Å². The van der Waals surface area contributed by atoms with Gasteiger partial charge in [0.05, 0.1) is 6.07 Å². The van der Waals surface area contributed by atoms with Gasteiger partial charge in [0.15, 0.2) is 0 Å². The third-order valence-corrected chi connectivity index (χ3v) is 5.19. The number of aryl methyl sites for hydroxylation is 1. The van der Waals surface area contributed by atoms with Crippen LogP contribution in [-0.4, -0.2) is 26.3 Å². The Kier molecular flexibility index (Phi) is 5.75. The zero-order valence-electron chi connectivity index (χ0n) is 10.5. The van der Waals surface area contributed by atoms with Crippen LogP contribution in [0.5, 0.6) is 0 Å². The molecule has 0 aliphatic carbocycles. The first-order valence-electron chi connectivity index (χ1n) is 5.65. The number of thiophene rings is 1. The molecule has 0 spiro atoms. The first-order chi connectivity index (χ1) is 8.49. The summed E-state index contributed by atoms with van der Waals surface area (Å²) in [7, 11) is -2.03. The van der Waals surface area contributed by atoms with Crippen molar-refractivity contribution in [3.05, 3.63) is 21.9 Å². The molecule has 0 bridgehead atoms. The minimum Gasteiger partial charge on any atom is -0.198 e. The fourth-order valence-electron chi connectivity index (χ4n) is 1.31. The monoisotopic (exact) mass is 287 g/mol. The van der Waals surface area contributed by atoms with Gasteiger partial charge in [-0.15, -0.1) is 11.3 Å². The normalized spacial score (nSPS) is 11.7. The molecule has 0 atom stereocenters. The lowest BCUT2D eigenvalue weighted by Gasteiger charge is -2.15. The third-order valence-electron chi connectivity index (χ3n) is 2.44. The Morgan fingerprint density at radius 1 is 1.44 bits per heavy atom. The highest BCUT2D eigenvalue weighted by molar-refractivity contribution is 7.87. The maximum Gasteiger partial charge on any atom is 0.279 e. The molecule has 0 fully saturated rings. The zero-order chi connectivity index (χ0) is 13.6. The van der Waals surface area contributed by atoms with Gasteiger partial charge in [-0.05, 0) is 18.6 Å². The smallest absolute Gasteiger partial charge is 0.198 e. The van der Waals surface area contributed by atoms with E-state index >= 15 is 0 Å². The lowest BCUT2D eigenvalue weighted by atomic mass is 10.4. The average molecular weight is 287 g/mol. The highest BCUT2D eigenvalue weighted by Gasteiger charge is 2.16. The number of nitrogens with one attached hydrogen (secondary N) is 1. The summed E-state index contributed by atoms with van der Waals surface area (Å²) in [5.41, 5.74) is 0. The number of hydrogen-bond donors (Lipinski definition) is 1. The summed E-state index contributed by atoms with van der Waals surface area (Å²) >= 11 is 1.61. The summed E-state index contributed by atoms with van der Waals surface area (Å²) in [4.78, 5) is 2.23. The molecule has 0 saturated heterocycles. The van der Waals surface area contributed by atoms with Crippen LogP contribution in [0.1, 0.15) is 23.1 Å². The molecule has 1 N–H and O–H groups in total. The van der Waals surface area contributed by atoms with Crippen molar-refractivity contribution in [3.63, 3.8) is 0 Å². The number of nitriles is 1. The molecule has 100 valence electrons. The number of hydrogen-bond acceptors (Lipinski definition) is 4. The Bertz CT molecular complexity index is 517. The van der Waals surface area contributed by atoms with E-state index in [1.54, 1.807) is 11.3 Å². The second-order valence-electron chi connectivity index (χ2n) is 3.78. The van der Waals surface area contributed by atoms with Crippen molar-refractivity contribution in [3.8, 4) is 6.07 Å². The van der Waals surface area contributed by atoms with Crippen molar-refractivity contribution < 1.29 is 8.42 Å². The van der Waals surface area contributed by atoms with E-state index in [1.807, 2.05) is 18.2 Å². The molecule has 0 amide bonds. The van der Waals surface area contributed by atoms with Crippen molar-refractivity contribution in [2.45, 2.75) is 26.3 Å². The van der Waals surface area contributed by atoms with Crippen LogP contribution in [0.3, 0.4) is 0 Å². The Hall–Kier alpha value is -0.940. The average Bonchev–Trinajstić information content (AvgIpc) is 2.81. The SMILES string of the molecule is CCc1ccc(CNS(=O)(=O)N(C)CCC#N)s1. The van der Waals surface area contributed by atoms with Crippen LogP contribution < -0.4 is 4.72 Å². The predicted octanol–water partition coefficient (Wildman–Crippen LogP) is 1.49. The van der Waals surface area contributed by atoms with Gasteiger partial charge in [-0.1, -0.05) is 6.92 Å². The summed E-state index contributed by atoms with van der Waals surface area (Å²) in [5.74, 6) is 0. The standard InChI is InChI=1S/C11H17N3O2S2/c1-3-10-5-6-11(17-10)9-13-18(15,16)14(2)8-4-7-12/h5-6,13H,3-4,8-9H2,1-2H3. The van der Waals surface area contributed by atoms with Crippen molar-refractivity contribution in [2.75, 3.05) is 13.6 Å². The molecular formula is C11H17N3O2S2. The first-order valence-corrected chi connectivity index (χ1v) is 7.90. The molecule has 1 rings (SSSR count). The molecule has 0 unspecified atom stereocenters. The summed E-state index contributed by atoms with van der Waals surface area (Å²) in [6, 6.07) is 5.86. The van der Waals surface area contributed by atoms with Gasteiger partial charge in [0, 0.05) is 36.3 Å².